The summed E-state index contributed by atoms with van der Waals surface area (Å²) in [6.45, 7) is 4.85. The van der Waals surface area contributed by atoms with Crippen LogP contribution < -0.4 is 9.46 Å². The van der Waals surface area contributed by atoms with E-state index in [1.54, 1.807) is 51.1 Å². The highest BCUT2D eigenvalue weighted by molar-refractivity contribution is 7.89. The fourth-order valence-electron chi connectivity index (χ4n) is 3.00. The van der Waals surface area contributed by atoms with Gasteiger partial charge in [0.25, 0.3) is 5.91 Å². The fourth-order valence-corrected chi connectivity index (χ4v) is 4.32. The van der Waals surface area contributed by atoms with Gasteiger partial charge < -0.3 is 14.6 Å². The van der Waals surface area contributed by atoms with E-state index >= 15 is 0 Å². The summed E-state index contributed by atoms with van der Waals surface area (Å²) in [6.07, 6.45) is -0.615. The monoisotopic (exact) mass is 522 g/mol. The normalized spacial score (nSPS) is 12.5. The lowest BCUT2D eigenvalue weighted by Gasteiger charge is -2.25. The smallest absolute Gasteiger partial charge is 0.335 e. The molecular formula is C24H30N2O9S. The number of carboxylic acids is 1. The molecule has 0 aromatic heterocycles. The number of esters is 1. The van der Waals surface area contributed by atoms with Gasteiger partial charge in [0.2, 0.25) is 10.0 Å². The van der Waals surface area contributed by atoms with Gasteiger partial charge in [0.15, 0.2) is 0 Å². The molecule has 1 amide bonds. The Kier molecular flexibility index (Phi) is 9.56. The molecule has 0 saturated heterocycles. The maximum Gasteiger partial charge on any atom is 0.335 e. The second-order valence-electron chi connectivity index (χ2n) is 8.72. The number of ether oxygens (including phenoxy) is 2. The lowest BCUT2D eigenvalue weighted by Crippen LogP contribution is -2.48. The van der Waals surface area contributed by atoms with Crippen LogP contribution in [0.2, 0.25) is 0 Å². The van der Waals surface area contributed by atoms with Crippen LogP contribution in [0.1, 0.15) is 43.1 Å². The Hall–Kier alpha value is -3.48. The number of sulfonamides is 1. The van der Waals surface area contributed by atoms with Crippen LogP contribution in [-0.2, 0) is 35.8 Å². The molecule has 0 radical (unpaired) electrons. The fraction of sp³-hybridized carbons (Fsp3) is 0.375. The summed E-state index contributed by atoms with van der Waals surface area (Å²) in [5, 5.41) is 10.1. The van der Waals surface area contributed by atoms with Crippen LogP contribution in [0.4, 0.5) is 0 Å². The van der Waals surface area contributed by atoms with Gasteiger partial charge in [0, 0.05) is 7.05 Å². The Labute approximate surface area is 210 Å². The first-order valence-electron chi connectivity index (χ1n) is 10.8. The van der Waals surface area contributed by atoms with E-state index in [0.717, 1.165) is 23.3 Å². The number of rotatable bonds is 11. The Bertz CT molecular complexity index is 1190. The molecule has 2 N–H and O–H groups in total. The number of hydrogen-bond acceptors (Lipinski definition) is 8. The van der Waals surface area contributed by atoms with Crippen molar-refractivity contribution in [3.8, 4) is 5.75 Å². The molecule has 1 atom stereocenters. The van der Waals surface area contributed by atoms with Crippen molar-refractivity contribution >= 4 is 27.9 Å². The maximum absolute atomic E-state index is 13.3. The zero-order valence-corrected chi connectivity index (χ0v) is 21.5. The number of aromatic carboxylic acids is 1. The minimum absolute atomic E-state index is 0.0425. The molecule has 2 rings (SSSR count). The molecule has 0 fully saturated rings. The molecular weight excluding hydrogens is 492 g/mol. The molecule has 2 aromatic carbocycles. The van der Waals surface area contributed by atoms with Crippen molar-refractivity contribution < 1.29 is 42.2 Å². The Morgan fingerprint density at radius 1 is 1.08 bits per heavy atom. The molecule has 196 valence electrons. The van der Waals surface area contributed by atoms with E-state index in [1.807, 2.05) is 0 Å². The summed E-state index contributed by atoms with van der Waals surface area (Å²) in [5.41, 5.74) is -0.339. The lowest BCUT2D eigenvalue weighted by atomic mass is 10.1. The van der Waals surface area contributed by atoms with Gasteiger partial charge >= 0.3 is 11.9 Å². The van der Waals surface area contributed by atoms with Crippen molar-refractivity contribution in [2.45, 2.75) is 50.3 Å². The van der Waals surface area contributed by atoms with Crippen molar-refractivity contribution in [1.29, 1.82) is 0 Å². The first-order chi connectivity index (χ1) is 16.7. The molecule has 0 heterocycles. The van der Waals surface area contributed by atoms with Crippen molar-refractivity contribution in [2.75, 3.05) is 14.2 Å². The van der Waals surface area contributed by atoms with Crippen LogP contribution >= 0.6 is 0 Å². The summed E-state index contributed by atoms with van der Waals surface area (Å²) in [7, 11) is -2.03. The van der Waals surface area contributed by atoms with Crippen molar-refractivity contribution in [3.63, 3.8) is 0 Å². The minimum atomic E-state index is -4.49. The Morgan fingerprint density at radius 3 is 2.28 bits per heavy atom. The first kappa shape index (κ1) is 28.8. The highest BCUT2D eigenvalue weighted by Gasteiger charge is 2.33. The molecule has 0 aliphatic rings. The van der Waals surface area contributed by atoms with E-state index in [1.165, 1.54) is 14.2 Å². The number of amides is 1. The number of nitrogens with one attached hydrogen (secondary N) is 1. The Morgan fingerprint density at radius 2 is 1.72 bits per heavy atom. The predicted octanol–water partition coefficient (Wildman–Crippen LogP) is 2.36. The first-order valence-corrected chi connectivity index (χ1v) is 12.3. The van der Waals surface area contributed by atoms with Crippen LogP contribution in [0.3, 0.4) is 0 Å². The summed E-state index contributed by atoms with van der Waals surface area (Å²) >= 11 is 0. The molecule has 1 unspecified atom stereocenters. The van der Waals surface area contributed by atoms with Crippen LogP contribution in [0.5, 0.6) is 5.75 Å². The molecule has 0 saturated carbocycles. The van der Waals surface area contributed by atoms with Crippen molar-refractivity contribution in [2.24, 2.45) is 0 Å². The van der Waals surface area contributed by atoms with Gasteiger partial charge in [-0.2, -0.15) is 4.72 Å². The number of carbonyl (C=O) groups excluding carboxylic acids is 2. The van der Waals surface area contributed by atoms with E-state index in [2.05, 4.69) is 4.72 Å². The number of likely N-dealkylation sites (N-methyl/N-ethyl adjacent to an activating group) is 1. The zero-order valence-electron chi connectivity index (χ0n) is 20.7. The molecule has 0 aliphatic carbocycles. The van der Waals surface area contributed by atoms with E-state index < -0.39 is 50.8 Å². The van der Waals surface area contributed by atoms with Crippen LogP contribution in [0.15, 0.2) is 53.4 Å². The highest BCUT2D eigenvalue weighted by atomic mass is 32.2. The molecule has 36 heavy (non-hydrogen) atoms. The summed E-state index contributed by atoms with van der Waals surface area (Å²) in [4.78, 5) is 41.1. The summed E-state index contributed by atoms with van der Waals surface area (Å²) in [5.74, 6) is -3.18. The predicted molar refractivity (Wildman–Crippen MR) is 129 cm³/mol. The van der Waals surface area contributed by atoms with Crippen LogP contribution in [0.25, 0.3) is 0 Å². The molecule has 0 spiro atoms. The standard InChI is InChI=1S/C24H30N2O9S/c1-24(2,3)35-21(27)14-18(22(28)26(4)33-5)25-36(31,32)20-12-11-17(23(29)30)13-19(20)34-15-16-9-7-6-8-10-16/h6-13,18,25H,14-15H2,1-5H3,(H,29,30). The topological polar surface area (TPSA) is 149 Å². The lowest BCUT2D eigenvalue weighted by molar-refractivity contribution is -0.173. The third kappa shape index (κ3) is 8.33. The van der Waals surface area contributed by atoms with Gasteiger partial charge in [-0.25, -0.2) is 18.3 Å². The van der Waals surface area contributed by atoms with Crippen LogP contribution in [-0.4, -0.2) is 62.2 Å². The maximum atomic E-state index is 13.3. The van der Waals surface area contributed by atoms with Gasteiger partial charge in [-0.15, -0.1) is 0 Å². The third-order valence-electron chi connectivity index (χ3n) is 4.69. The van der Waals surface area contributed by atoms with E-state index in [4.69, 9.17) is 14.3 Å². The quantitative estimate of drug-likeness (QED) is 0.335. The zero-order chi connectivity index (χ0) is 27.1. The number of carboxylic acid groups (broad SMARTS) is 1. The van der Waals surface area contributed by atoms with E-state index in [9.17, 15) is 27.9 Å². The van der Waals surface area contributed by atoms with Gasteiger partial charge in [0.05, 0.1) is 19.1 Å². The number of hydrogen-bond donors (Lipinski definition) is 2. The largest absolute Gasteiger partial charge is 0.487 e. The molecule has 11 nitrogen and oxygen atoms in total. The third-order valence-corrected chi connectivity index (χ3v) is 6.20. The summed E-state index contributed by atoms with van der Waals surface area (Å²) in [6, 6.07) is 10.5. The average Bonchev–Trinajstić information content (AvgIpc) is 2.80. The van der Waals surface area contributed by atoms with Gasteiger partial charge in [-0.05, 0) is 44.5 Å². The molecule has 0 aliphatic heterocycles. The molecule has 0 bridgehead atoms. The number of benzene rings is 2. The second kappa shape index (κ2) is 12.0. The highest BCUT2D eigenvalue weighted by Crippen LogP contribution is 2.27. The average molecular weight is 523 g/mol. The van der Waals surface area contributed by atoms with Crippen LogP contribution in [0, 0.1) is 0 Å². The minimum Gasteiger partial charge on any atom is -0.487 e. The number of hydroxylamine groups is 2. The molecule has 2 aromatic rings. The van der Waals surface area contributed by atoms with Gasteiger partial charge in [0.1, 0.15) is 28.9 Å². The van der Waals surface area contributed by atoms with Gasteiger partial charge in [-0.3, -0.25) is 14.4 Å². The number of carbonyl (C=O) groups is 3. The Balaban J connectivity index is 2.41. The van der Waals surface area contributed by atoms with Gasteiger partial charge in [-0.1, -0.05) is 30.3 Å². The molecule has 12 heteroatoms. The van der Waals surface area contributed by atoms with Crippen molar-refractivity contribution in [3.05, 3.63) is 59.7 Å². The number of nitrogens with zero attached hydrogens (tertiary/aromatic N) is 1. The van der Waals surface area contributed by atoms with Crippen molar-refractivity contribution in [1.82, 2.24) is 9.79 Å². The SMILES string of the molecule is CON(C)C(=O)C(CC(=O)OC(C)(C)C)NS(=O)(=O)c1ccc(C(=O)O)cc1OCc1ccccc1. The van der Waals surface area contributed by atoms with E-state index in [0.29, 0.717) is 5.56 Å². The summed E-state index contributed by atoms with van der Waals surface area (Å²) < 4.78 is 39.8. The van der Waals surface area contributed by atoms with E-state index in [-0.39, 0.29) is 17.9 Å². The second-order valence-corrected chi connectivity index (χ2v) is 10.4.